The molecule has 0 aliphatic heterocycles. The predicted molar refractivity (Wildman–Crippen MR) is 138 cm³/mol. The molecule has 3 aromatic rings. The van der Waals surface area contributed by atoms with Crippen LogP contribution in [0.25, 0.3) is 23.1 Å². The lowest BCUT2D eigenvalue weighted by Gasteiger charge is -2.11. The first-order chi connectivity index (χ1) is 16.2. The monoisotopic (exact) mass is 447 g/mol. The smallest absolute Gasteiger partial charge is 0.161 e. The summed E-state index contributed by atoms with van der Waals surface area (Å²) in [5.74, 6) is 2.32. The molecule has 0 fully saturated rings. The van der Waals surface area contributed by atoms with Crippen molar-refractivity contribution in [3.05, 3.63) is 59.8 Å². The zero-order chi connectivity index (χ0) is 23.3. The molecule has 0 unspecified atom stereocenters. The minimum Gasteiger partial charge on any atom is -0.493 e. The molecule has 1 heterocycles. The second-order valence-corrected chi connectivity index (χ2v) is 8.21. The molecule has 1 aromatic heterocycles. The molecule has 0 amide bonds. The van der Waals surface area contributed by atoms with Crippen LogP contribution < -0.4 is 14.2 Å². The zero-order valence-electron chi connectivity index (χ0n) is 20.3. The number of benzene rings is 2. The van der Waals surface area contributed by atoms with E-state index in [0.717, 1.165) is 52.4 Å². The Morgan fingerprint density at radius 1 is 0.758 bits per heavy atom. The van der Waals surface area contributed by atoms with Gasteiger partial charge < -0.3 is 14.2 Å². The fraction of sp³-hybridized carbons (Fsp3) is 0.414. The maximum atomic E-state index is 5.99. The number of methoxy groups -OCH3 is 1. The van der Waals surface area contributed by atoms with Gasteiger partial charge in [0.2, 0.25) is 0 Å². The van der Waals surface area contributed by atoms with Gasteiger partial charge in [0.1, 0.15) is 11.4 Å². The van der Waals surface area contributed by atoms with Gasteiger partial charge in [0, 0.05) is 5.39 Å². The molecule has 0 aliphatic rings. The molecule has 0 bridgehead atoms. The van der Waals surface area contributed by atoms with Crippen LogP contribution in [0.2, 0.25) is 0 Å². The van der Waals surface area contributed by atoms with E-state index in [1.165, 1.54) is 38.5 Å². The van der Waals surface area contributed by atoms with Gasteiger partial charge in [-0.25, -0.2) is 4.98 Å². The SMILES string of the molecule is CCCCCCCCCOc1ccc(/C=C/c2nc3ccccc3cc2OCC)cc1OC. The molecule has 0 atom stereocenters. The number of unbranched alkanes of at least 4 members (excludes halogenated alkanes) is 6. The van der Waals surface area contributed by atoms with E-state index < -0.39 is 0 Å². The lowest BCUT2D eigenvalue weighted by molar-refractivity contribution is 0.284. The highest BCUT2D eigenvalue weighted by Crippen LogP contribution is 2.30. The number of nitrogens with zero attached hydrogens (tertiary/aromatic N) is 1. The Kier molecular flexibility index (Phi) is 10.1. The summed E-state index contributed by atoms with van der Waals surface area (Å²) in [5.41, 5.74) is 2.79. The quantitative estimate of drug-likeness (QED) is 0.235. The molecule has 0 spiro atoms. The Morgan fingerprint density at radius 2 is 1.55 bits per heavy atom. The molecular formula is C29H37NO3. The second kappa shape index (κ2) is 13.5. The highest BCUT2D eigenvalue weighted by atomic mass is 16.5. The summed E-state index contributed by atoms with van der Waals surface area (Å²) in [4.78, 5) is 4.78. The van der Waals surface area contributed by atoms with Gasteiger partial charge in [-0.1, -0.05) is 75.8 Å². The van der Waals surface area contributed by atoms with E-state index in [4.69, 9.17) is 19.2 Å². The van der Waals surface area contributed by atoms with Crippen LogP contribution in [-0.2, 0) is 0 Å². The summed E-state index contributed by atoms with van der Waals surface area (Å²) in [6.45, 7) is 5.55. The molecule has 0 radical (unpaired) electrons. The van der Waals surface area contributed by atoms with Gasteiger partial charge in [-0.05, 0) is 49.2 Å². The van der Waals surface area contributed by atoms with Gasteiger partial charge >= 0.3 is 0 Å². The van der Waals surface area contributed by atoms with Crippen molar-refractivity contribution in [3.63, 3.8) is 0 Å². The Balaban J connectivity index is 1.63. The predicted octanol–water partition coefficient (Wildman–Crippen LogP) is 7.94. The van der Waals surface area contributed by atoms with E-state index in [0.29, 0.717) is 6.61 Å². The van der Waals surface area contributed by atoms with E-state index in [9.17, 15) is 0 Å². The van der Waals surface area contributed by atoms with E-state index in [1.807, 2.05) is 61.5 Å². The number of para-hydroxylation sites is 1. The average Bonchev–Trinajstić information content (AvgIpc) is 2.85. The number of rotatable bonds is 14. The first kappa shape index (κ1) is 24.6. The first-order valence-electron chi connectivity index (χ1n) is 12.3. The molecule has 176 valence electrons. The topological polar surface area (TPSA) is 40.6 Å². The minimum absolute atomic E-state index is 0.597. The average molecular weight is 448 g/mol. The van der Waals surface area contributed by atoms with Crippen molar-refractivity contribution >= 4 is 23.1 Å². The summed E-state index contributed by atoms with van der Waals surface area (Å²) in [7, 11) is 1.68. The Hall–Kier alpha value is -3.01. The van der Waals surface area contributed by atoms with Crippen molar-refractivity contribution in [1.29, 1.82) is 0 Å². The molecule has 0 saturated carbocycles. The van der Waals surface area contributed by atoms with Crippen LogP contribution in [0.15, 0.2) is 48.5 Å². The third-order valence-corrected chi connectivity index (χ3v) is 5.64. The van der Waals surface area contributed by atoms with Crippen LogP contribution >= 0.6 is 0 Å². The minimum atomic E-state index is 0.597. The van der Waals surface area contributed by atoms with Crippen molar-refractivity contribution in [2.45, 2.75) is 58.8 Å². The molecule has 0 aliphatic carbocycles. The van der Waals surface area contributed by atoms with Crippen molar-refractivity contribution < 1.29 is 14.2 Å². The van der Waals surface area contributed by atoms with Crippen molar-refractivity contribution in [1.82, 2.24) is 4.98 Å². The largest absolute Gasteiger partial charge is 0.493 e. The van der Waals surface area contributed by atoms with E-state index in [1.54, 1.807) is 7.11 Å². The van der Waals surface area contributed by atoms with Gasteiger partial charge in [0.25, 0.3) is 0 Å². The molecule has 0 saturated heterocycles. The van der Waals surface area contributed by atoms with E-state index in [-0.39, 0.29) is 0 Å². The Labute approximate surface area is 198 Å². The number of aromatic nitrogens is 1. The van der Waals surface area contributed by atoms with Crippen LogP contribution in [0.4, 0.5) is 0 Å². The maximum Gasteiger partial charge on any atom is 0.161 e. The number of hydrogen-bond acceptors (Lipinski definition) is 4. The molecule has 33 heavy (non-hydrogen) atoms. The van der Waals surface area contributed by atoms with Crippen molar-refractivity contribution in [2.24, 2.45) is 0 Å². The van der Waals surface area contributed by atoms with Crippen LogP contribution in [0.3, 0.4) is 0 Å². The molecule has 0 N–H and O–H groups in total. The van der Waals surface area contributed by atoms with Gasteiger partial charge in [-0.15, -0.1) is 0 Å². The molecule has 2 aromatic carbocycles. The lowest BCUT2D eigenvalue weighted by atomic mass is 10.1. The van der Waals surface area contributed by atoms with Gasteiger partial charge in [0.05, 0.1) is 25.8 Å². The van der Waals surface area contributed by atoms with E-state index in [2.05, 4.69) is 13.0 Å². The van der Waals surface area contributed by atoms with Crippen LogP contribution in [0.1, 0.15) is 70.1 Å². The summed E-state index contributed by atoms with van der Waals surface area (Å²) in [6, 6.07) is 16.2. The second-order valence-electron chi connectivity index (χ2n) is 8.21. The van der Waals surface area contributed by atoms with E-state index >= 15 is 0 Å². The third-order valence-electron chi connectivity index (χ3n) is 5.64. The Morgan fingerprint density at radius 3 is 2.33 bits per heavy atom. The molecule has 3 rings (SSSR count). The first-order valence-corrected chi connectivity index (χ1v) is 12.3. The summed E-state index contributed by atoms with van der Waals surface area (Å²) in [5, 5.41) is 1.07. The highest BCUT2D eigenvalue weighted by molar-refractivity contribution is 5.83. The molecule has 4 nitrogen and oxygen atoms in total. The summed E-state index contributed by atoms with van der Waals surface area (Å²) in [6.07, 6.45) is 12.9. The lowest BCUT2D eigenvalue weighted by Crippen LogP contribution is -1.99. The molecular weight excluding hydrogens is 410 g/mol. The van der Waals surface area contributed by atoms with Crippen LogP contribution in [-0.4, -0.2) is 25.3 Å². The maximum absolute atomic E-state index is 5.99. The standard InChI is InChI=1S/C29H37NO3/c1-4-6-7-8-9-10-13-20-33-27-19-17-23(21-29(27)31-3)16-18-26-28(32-5-2)22-24-14-11-12-15-25(24)30-26/h11-12,14-19,21-22H,4-10,13,20H2,1-3H3/b18-16+. The summed E-state index contributed by atoms with van der Waals surface area (Å²) >= 11 is 0. The van der Waals surface area contributed by atoms with Crippen LogP contribution in [0.5, 0.6) is 17.2 Å². The van der Waals surface area contributed by atoms with Crippen LogP contribution in [0, 0.1) is 0 Å². The summed E-state index contributed by atoms with van der Waals surface area (Å²) < 4.78 is 17.4. The number of pyridine rings is 1. The van der Waals surface area contributed by atoms with Gasteiger partial charge in [-0.3, -0.25) is 0 Å². The third kappa shape index (κ3) is 7.52. The Bertz CT molecular complexity index is 1030. The fourth-order valence-electron chi connectivity index (χ4n) is 3.83. The molecule has 4 heteroatoms. The number of ether oxygens (including phenoxy) is 3. The number of hydrogen-bond donors (Lipinski definition) is 0. The normalized spacial score (nSPS) is 11.2. The van der Waals surface area contributed by atoms with Gasteiger partial charge in [-0.2, -0.15) is 0 Å². The zero-order valence-corrected chi connectivity index (χ0v) is 20.3. The highest BCUT2D eigenvalue weighted by Gasteiger charge is 2.07. The van der Waals surface area contributed by atoms with Crippen molar-refractivity contribution in [2.75, 3.05) is 20.3 Å². The fourth-order valence-corrected chi connectivity index (χ4v) is 3.83. The number of fused-ring (bicyclic) bond motifs is 1. The van der Waals surface area contributed by atoms with Crippen molar-refractivity contribution in [3.8, 4) is 17.2 Å². The van der Waals surface area contributed by atoms with Gasteiger partial charge in [0.15, 0.2) is 11.5 Å².